The van der Waals surface area contributed by atoms with Gasteiger partial charge >= 0.3 is 6.03 Å². The molecule has 2 heterocycles. The molecule has 2 aliphatic heterocycles. The zero-order valence-corrected chi connectivity index (χ0v) is 24.2. The zero-order chi connectivity index (χ0) is 28.7. The molecule has 0 saturated carbocycles. The lowest BCUT2D eigenvalue weighted by molar-refractivity contribution is -0.133. The molecular formula is C30H41N5O5. The van der Waals surface area contributed by atoms with E-state index in [2.05, 4.69) is 10.2 Å². The monoisotopic (exact) mass is 551 g/mol. The summed E-state index contributed by atoms with van der Waals surface area (Å²) in [5, 5.41) is 9.33. The molecule has 10 nitrogen and oxygen atoms in total. The summed E-state index contributed by atoms with van der Waals surface area (Å²) in [4.78, 5) is 31.1. The van der Waals surface area contributed by atoms with E-state index in [9.17, 15) is 9.59 Å². The van der Waals surface area contributed by atoms with Crippen molar-refractivity contribution in [2.24, 2.45) is 5.10 Å². The first-order valence-corrected chi connectivity index (χ1v) is 13.7. The number of hydrogen-bond donors (Lipinski definition) is 1. The Balaban J connectivity index is 1.60. The number of hydrazone groups is 1. The van der Waals surface area contributed by atoms with Crippen molar-refractivity contribution in [3.8, 4) is 11.5 Å². The van der Waals surface area contributed by atoms with Crippen LogP contribution >= 0.6 is 0 Å². The second-order valence-corrected chi connectivity index (χ2v) is 11.0. The average Bonchev–Trinajstić information content (AvgIpc) is 3.40. The molecular weight excluding hydrogens is 510 g/mol. The smallest absolute Gasteiger partial charge is 0.318 e. The Morgan fingerprint density at radius 3 is 2.40 bits per heavy atom. The fourth-order valence-corrected chi connectivity index (χ4v) is 4.86. The SMILES string of the molecule is COc1ccc(C2=NN(C(=O)CN(CCN3CCOCC3)C(=O)NC(C)(C)C)[C@H](c3ccccc3OC)C2)cc1. The van der Waals surface area contributed by atoms with Crippen molar-refractivity contribution in [3.05, 3.63) is 59.7 Å². The quantitative estimate of drug-likeness (QED) is 0.513. The number of methoxy groups -OCH3 is 2. The fourth-order valence-electron chi connectivity index (χ4n) is 4.86. The summed E-state index contributed by atoms with van der Waals surface area (Å²) >= 11 is 0. The normalized spacial score (nSPS) is 17.8. The van der Waals surface area contributed by atoms with Crippen LogP contribution in [0.25, 0.3) is 0 Å². The Hall–Kier alpha value is -3.63. The number of para-hydroxylation sites is 1. The maximum Gasteiger partial charge on any atom is 0.318 e. The van der Waals surface area contributed by atoms with Gasteiger partial charge in [-0.2, -0.15) is 5.10 Å². The van der Waals surface area contributed by atoms with Crippen LogP contribution in [0.5, 0.6) is 11.5 Å². The van der Waals surface area contributed by atoms with Gasteiger partial charge in [-0.3, -0.25) is 9.69 Å². The first-order valence-electron chi connectivity index (χ1n) is 13.7. The molecule has 1 atom stereocenters. The van der Waals surface area contributed by atoms with Gasteiger partial charge in [0.15, 0.2) is 0 Å². The summed E-state index contributed by atoms with van der Waals surface area (Å²) in [6, 6.07) is 14.7. The van der Waals surface area contributed by atoms with E-state index in [-0.39, 0.29) is 24.5 Å². The summed E-state index contributed by atoms with van der Waals surface area (Å²) < 4.78 is 16.4. The van der Waals surface area contributed by atoms with Crippen LogP contribution in [0, 0.1) is 0 Å². The van der Waals surface area contributed by atoms with Gasteiger partial charge in [0.1, 0.15) is 18.0 Å². The molecule has 0 bridgehead atoms. The maximum atomic E-state index is 13.9. The molecule has 4 rings (SSSR count). The van der Waals surface area contributed by atoms with Crippen molar-refractivity contribution in [2.45, 2.75) is 38.8 Å². The molecule has 3 amide bonds. The third-order valence-electron chi connectivity index (χ3n) is 6.97. The molecule has 0 unspecified atom stereocenters. The topological polar surface area (TPSA) is 95.9 Å². The van der Waals surface area contributed by atoms with Gasteiger partial charge < -0.3 is 24.4 Å². The number of hydrogen-bond acceptors (Lipinski definition) is 7. The zero-order valence-electron chi connectivity index (χ0n) is 24.2. The molecule has 10 heteroatoms. The van der Waals surface area contributed by atoms with E-state index in [1.54, 1.807) is 19.1 Å². The van der Waals surface area contributed by atoms with E-state index >= 15 is 0 Å². The highest BCUT2D eigenvalue weighted by atomic mass is 16.5. The summed E-state index contributed by atoms with van der Waals surface area (Å²) in [6.07, 6.45) is 0.514. The van der Waals surface area contributed by atoms with Gasteiger partial charge in [0.05, 0.1) is 39.2 Å². The summed E-state index contributed by atoms with van der Waals surface area (Å²) in [7, 11) is 3.25. The molecule has 2 aromatic carbocycles. The number of urea groups is 1. The Kier molecular flexibility index (Phi) is 9.65. The minimum Gasteiger partial charge on any atom is -0.497 e. The predicted octanol–water partition coefficient (Wildman–Crippen LogP) is 3.52. The van der Waals surface area contributed by atoms with Crippen molar-refractivity contribution in [1.29, 1.82) is 0 Å². The highest BCUT2D eigenvalue weighted by Crippen LogP contribution is 2.37. The van der Waals surface area contributed by atoms with Gasteiger partial charge in [0, 0.05) is 43.7 Å². The van der Waals surface area contributed by atoms with Crippen LogP contribution in [0.4, 0.5) is 4.79 Å². The van der Waals surface area contributed by atoms with E-state index in [1.165, 1.54) is 5.01 Å². The summed E-state index contributed by atoms with van der Waals surface area (Å²) in [6.45, 7) is 9.70. The van der Waals surface area contributed by atoms with Gasteiger partial charge in [-0.05, 0) is 56.7 Å². The molecule has 1 saturated heterocycles. The van der Waals surface area contributed by atoms with Crippen molar-refractivity contribution >= 4 is 17.6 Å². The molecule has 1 fully saturated rings. The average molecular weight is 552 g/mol. The molecule has 0 aromatic heterocycles. The molecule has 1 N–H and O–H groups in total. The molecule has 0 aliphatic carbocycles. The van der Waals surface area contributed by atoms with Crippen LogP contribution in [0.3, 0.4) is 0 Å². The maximum absolute atomic E-state index is 13.9. The number of morpholine rings is 1. The lowest BCUT2D eigenvalue weighted by Crippen LogP contribution is -2.53. The minimum absolute atomic E-state index is 0.0999. The third kappa shape index (κ3) is 7.51. The van der Waals surface area contributed by atoms with Crippen molar-refractivity contribution in [2.75, 3.05) is 60.2 Å². The lowest BCUT2D eigenvalue weighted by atomic mass is 9.97. The van der Waals surface area contributed by atoms with Crippen molar-refractivity contribution in [1.82, 2.24) is 20.1 Å². The Labute approximate surface area is 236 Å². The van der Waals surface area contributed by atoms with Crippen LogP contribution in [0.1, 0.15) is 44.4 Å². The van der Waals surface area contributed by atoms with Crippen LogP contribution in [0.2, 0.25) is 0 Å². The van der Waals surface area contributed by atoms with E-state index in [1.807, 2.05) is 69.3 Å². The van der Waals surface area contributed by atoms with E-state index < -0.39 is 5.54 Å². The number of rotatable bonds is 9. The number of nitrogens with zero attached hydrogens (tertiary/aromatic N) is 4. The summed E-state index contributed by atoms with van der Waals surface area (Å²) in [5.74, 6) is 1.17. The Bertz CT molecular complexity index is 1190. The van der Waals surface area contributed by atoms with E-state index in [0.717, 1.165) is 35.7 Å². The largest absolute Gasteiger partial charge is 0.497 e. The number of nitrogens with one attached hydrogen (secondary N) is 1. The van der Waals surface area contributed by atoms with Crippen LogP contribution in [-0.2, 0) is 9.53 Å². The van der Waals surface area contributed by atoms with Gasteiger partial charge in [0.25, 0.3) is 5.91 Å². The van der Waals surface area contributed by atoms with Crippen molar-refractivity contribution in [3.63, 3.8) is 0 Å². The molecule has 0 radical (unpaired) electrons. The molecule has 216 valence electrons. The second-order valence-electron chi connectivity index (χ2n) is 11.0. The molecule has 2 aliphatic rings. The van der Waals surface area contributed by atoms with Gasteiger partial charge in [-0.1, -0.05) is 18.2 Å². The Morgan fingerprint density at radius 2 is 1.75 bits per heavy atom. The number of carbonyl (C=O) groups is 2. The first kappa shape index (κ1) is 29.4. The van der Waals surface area contributed by atoms with Crippen LogP contribution in [0.15, 0.2) is 53.6 Å². The lowest BCUT2D eigenvalue weighted by Gasteiger charge is -2.33. The number of carbonyl (C=O) groups excluding carboxylic acids is 2. The molecule has 40 heavy (non-hydrogen) atoms. The minimum atomic E-state index is -0.440. The van der Waals surface area contributed by atoms with Gasteiger partial charge in [-0.25, -0.2) is 9.80 Å². The molecule has 2 aromatic rings. The van der Waals surface area contributed by atoms with E-state index in [4.69, 9.17) is 19.3 Å². The predicted molar refractivity (Wildman–Crippen MR) is 154 cm³/mol. The van der Waals surface area contributed by atoms with Gasteiger partial charge in [0.2, 0.25) is 0 Å². The van der Waals surface area contributed by atoms with Crippen LogP contribution < -0.4 is 14.8 Å². The fraction of sp³-hybridized carbons (Fsp3) is 0.500. The Morgan fingerprint density at radius 1 is 1.05 bits per heavy atom. The second kappa shape index (κ2) is 13.1. The highest BCUT2D eigenvalue weighted by Gasteiger charge is 2.36. The molecule has 0 spiro atoms. The third-order valence-corrected chi connectivity index (χ3v) is 6.97. The van der Waals surface area contributed by atoms with Crippen molar-refractivity contribution < 1.29 is 23.8 Å². The number of benzene rings is 2. The first-order chi connectivity index (χ1) is 19.2. The summed E-state index contributed by atoms with van der Waals surface area (Å²) in [5.41, 5.74) is 2.12. The highest BCUT2D eigenvalue weighted by molar-refractivity contribution is 6.03. The van der Waals surface area contributed by atoms with E-state index in [0.29, 0.717) is 38.5 Å². The van der Waals surface area contributed by atoms with Gasteiger partial charge in [-0.15, -0.1) is 0 Å². The number of amides is 3. The number of ether oxygens (including phenoxy) is 3. The van der Waals surface area contributed by atoms with Crippen LogP contribution in [-0.4, -0.2) is 98.2 Å². The standard InChI is InChI=1S/C30H41N5O5/c1-30(2,3)31-29(37)34(15-14-33-16-18-40-19-17-33)21-28(36)35-26(24-8-6-7-9-27(24)39-5)20-25(32-35)22-10-12-23(38-4)13-11-22/h6-13,26H,14-21H2,1-5H3,(H,31,37)/t26-/m0/s1.